The fourth-order valence-electron chi connectivity index (χ4n) is 2.57. The molecule has 23 heavy (non-hydrogen) atoms. The predicted molar refractivity (Wildman–Crippen MR) is 84.4 cm³/mol. The van der Waals surface area contributed by atoms with Crippen LogP contribution in [0.25, 0.3) is 0 Å². The topological polar surface area (TPSA) is 75.7 Å². The van der Waals surface area contributed by atoms with Gasteiger partial charge in [0, 0.05) is 33.0 Å². The standard InChI is InChI=1S/C15H21FN2O4S/c1-22-14(11-3-5-12(16)6-4-11)9-17-15(19)18-8-7-13(10-18)23(2,20)21/h3-6,13-14H,7-10H2,1-2H3,(H,17,19)/t13-,14+/m0/s1. The summed E-state index contributed by atoms with van der Waals surface area (Å²) in [6.45, 7) is 0.845. The van der Waals surface area contributed by atoms with Gasteiger partial charge in [0.1, 0.15) is 5.82 Å². The lowest BCUT2D eigenvalue weighted by molar-refractivity contribution is 0.102. The molecule has 1 N–H and O–H groups in total. The van der Waals surface area contributed by atoms with Gasteiger partial charge in [0.2, 0.25) is 0 Å². The molecule has 2 atom stereocenters. The zero-order valence-electron chi connectivity index (χ0n) is 13.2. The Bertz CT molecular complexity index is 648. The fourth-order valence-corrected chi connectivity index (χ4v) is 3.55. The predicted octanol–water partition coefficient (Wildman–Crippen LogP) is 1.34. The van der Waals surface area contributed by atoms with E-state index in [2.05, 4.69) is 5.32 Å². The molecule has 1 saturated heterocycles. The summed E-state index contributed by atoms with van der Waals surface area (Å²) < 4.78 is 41.3. The fraction of sp³-hybridized carbons (Fsp3) is 0.533. The van der Waals surface area contributed by atoms with Gasteiger partial charge in [-0.25, -0.2) is 17.6 Å². The van der Waals surface area contributed by atoms with E-state index in [0.29, 0.717) is 13.0 Å². The number of benzene rings is 1. The number of likely N-dealkylation sites (tertiary alicyclic amines) is 1. The molecule has 0 aromatic heterocycles. The quantitative estimate of drug-likeness (QED) is 0.875. The minimum absolute atomic E-state index is 0.207. The van der Waals surface area contributed by atoms with Crippen LogP contribution < -0.4 is 5.32 Å². The molecule has 1 heterocycles. The van der Waals surface area contributed by atoms with E-state index in [-0.39, 0.29) is 24.9 Å². The summed E-state index contributed by atoms with van der Waals surface area (Å²) in [7, 11) is -1.62. The Kier molecular flexibility index (Phi) is 5.59. The molecule has 1 aliphatic heterocycles. The molecule has 8 heteroatoms. The van der Waals surface area contributed by atoms with Gasteiger partial charge in [-0.3, -0.25) is 0 Å². The number of ether oxygens (including phenoxy) is 1. The second-order valence-electron chi connectivity index (χ2n) is 5.65. The molecular weight excluding hydrogens is 323 g/mol. The van der Waals surface area contributed by atoms with E-state index in [0.717, 1.165) is 5.56 Å². The molecule has 0 spiro atoms. The number of carbonyl (C=O) groups excluding carboxylic acids is 1. The number of nitrogens with zero attached hydrogens (tertiary/aromatic N) is 1. The SMILES string of the molecule is CO[C@H](CNC(=O)N1CC[C@H](S(C)(=O)=O)C1)c1ccc(F)cc1. The first-order valence-electron chi connectivity index (χ1n) is 7.31. The molecule has 2 rings (SSSR count). The number of methoxy groups -OCH3 is 1. The number of hydrogen-bond acceptors (Lipinski definition) is 4. The Morgan fingerprint density at radius 3 is 2.61 bits per heavy atom. The number of carbonyl (C=O) groups is 1. The van der Waals surface area contributed by atoms with Crippen molar-refractivity contribution in [2.45, 2.75) is 17.8 Å². The van der Waals surface area contributed by atoms with Gasteiger partial charge < -0.3 is 15.0 Å². The molecule has 0 radical (unpaired) electrons. The van der Waals surface area contributed by atoms with Crippen molar-refractivity contribution >= 4 is 15.9 Å². The highest BCUT2D eigenvalue weighted by molar-refractivity contribution is 7.91. The van der Waals surface area contributed by atoms with Crippen molar-refractivity contribution in [3.63, 3.8) is 0 Å². The van der Waals surface area contributed by atoms with Gasteiger partial charge in [0.15, 0.2) is 9.84 Å². The van der Waals surface area contributed by atoms with Crippen LogP contribution in [0.3, 0.4) is 0 Å². The Hall–Kier alpha value is -1.67. The Morgan fingerprint density at radius 1 is 1.43 bits per heavy atom. The number of halogens is 1. The number of hydrogen-bond donors (Lipinski definition) is 1. The monoisotopic (exact) mass is 344 g/mol. The lowest BCUT2D eigenvalue weighted by atomic mass is 10.1. The highest BCUT2D eigenvalue weighted by Crippen LogP contribution is 2.18. The van der Waals surface area contributed by atoms with E-state index in [1.807, 2.05) is 0 Å². The summed E-state index contributed by atoms with van der Waals surface area (Å²) >= 11 is 0. The number of amides is 2. The van der Waals surface area contributed by atoms with Crippen LogP contribution >= 0.6 is 0 Å². The zero-order chi connectivity index (χ0) is 17.0. The second kappa shape index (κ2) is 7.27. The summed E-state index contributed by atoms with van der Waals surface area (Å²) in [5.74, 6) is -0.337. The molecule has 1 aromatic carbocycles. The van der Waals surface area contributed by atoms with E-state index in [1.165, 1.54) is 30.4 Å². The summed E-state index contributed by atoms with van der Waals surface area (Å²) in [5.41, 5.74) is 0.754. The molecule has 1 aliphatic rings. The number of sulfone groups is 1. The Labute approximate surface area is 135 Å². The van der Waals surface area contributed by atoms with E-state index in [4.69, 9.17) is 4.74 Å². The molecule has 1 aromatic rings. The maximum Gasteiger partial charge on any atom is 0.317 e. The van der Waals surface area contributed by atoms with Crippen LogP contribution in [-0.4, -0.2) is 57.6 Å². The number of urea groups is 1. The van der Waals surface area contributed by atoms with Crippen molar-refractivity contribution in [1.29, 1.82) is 0 Å². The molecule has 0 saturated carbocycles. The van der Waals surface area contributed by atoms with Crippen molar-refractivity contribution in [2.75, 3.05) is 33.0 Å². The normalized spacial score (nSPS) is 19.6. The highest BCUT2D eigenvalue weighted by atomic mass is 32.2. The molecule has 0 aliphatic carbocycles. The summed E-state index contributed by atoms with van der Waals surface area (Å²) in [4.78, 5) is 13.6. The van der Waals surface area contributed by atoms with Crippen LogP contribution in [0.5, 0.6) is 0 Å². The first kappa shape index (κ1) is 17.7. The third kappa shape index (κ3) is 4.65. The van der Waals surface area contributed by atoms with Crippen molar-refractivity contribution in [3.8, 4) is 0 Å². The Balaban J connectivity index is 1.89. The Morgan fingerprint density at radius 2 is 2.09 bits per heavy atom. The molecule has 0 unspecified atom stereocenters. The van der Waals surface area contributed by atoms with E-state index < -0.39 is 21.2 Å². The summed E-state index contributed by atoms with van der Waals surface area (Å²) in [6, 6.07) is 5.55. The smallest absolute Gasteiger partial charge is 0.317 e. The lowest BCUT2D eigenvalue weighted by Gasteiger charge is -2.21. The maximum atomic E-state index is 12.9. The van der Waals surface area contributed by atoms with Crippen LogP contribution in [0.1, 0.15) is 18.1 Å². The zero-order valence-corrected chi connectivity index (χ0v) is 14.0. The van der Waals surface area contributed by atoms with Crippen LogP contribution in [0.4, 0.5) is 9.18 Å². The first-order valence-corrected chi connectivity index (χ1v) is 9.26. The van der Waals surface area contributed by atoms with Crippen LogP contribution in [-0.2, 0) is 14.6 Å². The number of rotatable bonds is 5. The van der Waals surface area contributed by atoms with Gasteiger partial charge >= 0.3 is 6.03 Å². The average Bonchev–Trinajstić information content (AvgIpc) is 2.99. The third-order valence-electron chi connectivity index (χ3n) is 4.00. The van der Waals surface area contributed by atoms with E-state index in [9.17, 15) is 17.6 Å². The van der Waals surface area contributed by atoms with Crippen LogP contribution in [0.2, 0.25) is 0 Å². The molecular formula is C15H21FN2O4S. The minimum Gasteiger partial charge on any atom is -0.375 e. The number of nitrogens with one attached hydrogen (secondary N) is 1. The van der Waals surface area contributed by atoms with Crippen LogP contribution in [0.15, 0.2) is 24.3 Å². The van der Waals surface area contributed by atoms with Gasteiger partial charge in [-0.05, 0) is 24.1 Å². The molecule has 6 nitrogen and oxygen atoms in total. The van der Waals surface area contributed by atoms with E-state index in [1.54, 1.807) is 12.1 Å². The summed E-state index contributed by atoms with van der Waals surface area (Å²) in [5, 5.41) is 2.24. The van der Waals surface area contributed by atoms with Gasteiger partial charge in [0.05, 0.1) is 11.4 Å². The van der Waals surface area contributed by atoms with Gasteiger partial charge in [-0.15, -0.1) is 0 Å². The van der Waals surface area contributed by atoms with Crippen LogP contribution in [0, 0.1) is 5.82 Å². The lowest BCUT2D eigenvalue weighted by Crippen LogP contribution is -2.41. The van der Waals surface area contributed by atoms with Crippen molar-refractivity contribution in [1.82, 2.24) is 10.2 Å². The van der Waals surface area contributed by atoms with Crippen molar-refractivity contribution in [3.05, 3.63) is 35.6 Å². The molecule has 128 valence electrons. The van der Waals surface area contributed by atoms with Gasteiger partial charge in [-0.2, -0.15) is 0 Å². The average molecular weight is 344 g/mol. The second-order valence-corrected chi connectivity index (χ2v) is 7.97. The third-order valence-corrected chi connectivity index (χ3v) is 5.60. The summed E-state index contributed by atoms with van der Waals surface area (Å²) in [6.07, 6.45) is 1.25. The molecule has 0 bridgehead atoms. The molecule has 1 fully saturated rings. The van der Waals surface area contributed by atoms with E-state index >= 15 is 0 Å². The van der Waals surface area contributed by atoms with Gasteiger partial charge in [0.25, 0.3) is 0 Å². The minimum atomic E-state index is -3.13. The molecule has 2 amide bonds. The van der Waals surface area contributed by atoms with Crippen molar-refractivity contribution < 1.29 is 22.3 Å². The van der Waals surface area contributed by atoms with Gasteiger partial charge in [-0.1, -0.05) is 12.1 Å². The first-order chi connectivity index (χ1) is 10.8. The largest absolute Gasteiger partial charge is 0.375 e. The highest BCUT2D eigenvalue weighted by Gasteiger charge is 2.32. The van der Waals surface area contributed by atoms with Crippen molar-refractivity contribution in [2.24, 2.45) is 0 Å². The maximum absolute atomic E-state index is 12.9.